The molecule has 1 aliphatic heterocycles. The van der Waals surface area contributed by atoms with E-state index in [2.05, 4.69) is 15.4 Å². The minimum absolute atomic E-state index is 0.631. The van der Waals surface area contributed by atoms with E-state index in [1.165, 1.54) is 0 Å². The van der Waals surface area contributed by atoms with Gasteiger partial charge in [-0.1, -0.05) is 0 Å². The van der Waals surface area contributed by atoms with Gasteiger partial charge in [0, 0.05) is 0 Å². The van der Waals surface area contributed by atoms with Gasteiger partial charge in [0.2, 0.25) is 0 Å². The molecular weight excluding hydrogens is 180 g/mol. The zero-order chi connectivity index (χ0) is 10.0. The molecule has 7 heteroatoms. The summed E-state index contributed by atoms with van der Waals surface area (Å²) >= 11 is 0. The summed E-state index contributed by atoms with van der Waals surface area (Å²) in [5.41, 5.74) is 0. The van der Waals surface area contributed by atoms with E-state index in [1.807, 2.05) is 0 Å². The van der Waals surface area contributed by atoms with Gasteiger partial charge in [-0.25, -0.2) is 9.59 Å². The Hall–Kier alpha value is -1.34. The van der Waals surface area contributed by atoms with Crippen LogP contribution in [0.5, 0.6) is 0 Å². The number of rotatable bonds is 2. The Balaban J connectivity index is 2.71. The maximum absolute atomic E-state index is 11.0. The first-order chi connectivity index (χ1) is 6.06. The molecule has 1 heterocycles. The molecule has 0 radical (unpaired) electrons. The molecule has 0 aliphatic carbocycles. The number of esters is 1. The fraction of sp³-hybridized carbons (Fsp3) is 0.667. The second-order valence-corrected chi connectivity index (χ2v) is 2.56. The highest BCUT2D eigenvalue weighted by Gasteiger charge is 2.41. The van der Waals surface area contributed by atoms with Crippen molar-refractivity contribution in [2.75, 3.05) is 7.11 Å². The number of hydrogen-bond donors (Lipinski definition) is 4. The molecule has 2 unspecified atom stereocenters. The van der Waals surface area contributed by atoms with Crippen molar-refractivity contribution in [3.05, 3.63) is 0 Å². The molecule has 0 bridgehead atoms. The number of carbonyl (C=O) groups is 2. The average Bonchev–Trinajstić information content (AvgIpc) is 2.46. The van der Waals surface area contributed by atoms with Crippen molar-refractivity contribution in [2.45, 2.75) is 18.4 Å². The van der Waals surface area contributed by atoms with E-state index in [4.69, 9.17) is 10.2 Å². The summed E-state index contributed by atoms with van der Waals surface area (Å²) in [6.45, 7) is 0. The van der Waals surface area contributed by atoms with Crippen LogP contribution in [-0.4, -0.2) is 47.7 Å². The number of urea groups is 1. The van der Waals surface area contributed by atoms with E-state index >= 15 is 0 Å². The van der Waals surface area contributed by atoms with E-state index < -0.39 is 30.4 Å². The van der Waals surface area contributed by atoms with Crippen molar-refractivity contribution in [2.24, 2.45) is 0 Å². The second kappa shape index (κ2) is 3.58. The lowest BCUT2D eigenvalue weighted by Gasteiger charge is -2.17. The zero-order valence-corrected chi connectivity index (χ0v) is 6.85. The van der Waals surface area contributed by atoms with Crippen LogP contribution < -0.4 is 10.6 Å². The van der Waals surface area contributed by atoms with Crippen molar-refractivity contribution in [3.63, 3.8) is 0 Å². The van der Waals surface area contributed by atoms with E-state index in [1.54, 1.807) is 0 Å². The molecule has 1 aliphatic rings. The predicted octanol–water partition coefficient (Wildman–Crippen LogP) is -2.48. The third kappa shape index (κ3) is 1.87. The lowest BCUT2D eigenvalue weighted by Crippen LogP contribution is -2.48. The summed E-state index contributed by atoms with van der Waals surface area (Å²) in [7, 11) is 1.15. The van der Waals surface area contributed by atoms with Crippen molar-refractivity contribution < 1.29 is 24.5 Å². The predicted molar refractivity (Wildman–Crippen MR) is 39.5 cm³/mol. The Morgan fingerprint density at radius 1 is 1.54 bits per heavy atom. The lowest BCUT2D eigenvalue weighted by atomic mass is 10.1. The topological polar surface area (TPSA) is 108 Å². The third-order valence-corrected chi connectivity index (χ3v) is 1.72. The molecule has 74 valence electrons. The van der Waals surface area contributed by atoms with Crippen LogP contribution in [0.1, 0.15) is 0 Å². The van der Waals surface area contributed by atoms with Crippen LogP contribution in [0, 0.1) is 0 Å². The maximum Gasteiger partial charge on any atom is 0.330 e. The van der Waals surface area contributed by atoms with Crippen LogP contribution in [0.25, 0.3) is 0 Å². The maximum atomic E-state index is 11.0. The summed E-state index contributed by atoms with van der Waals surface area (Å²) in [4.78, 5) is 21.7. The molecule has 1 fully saturated rings. The highest BCUT2D eigenvalue weighted by atomic mass is 16.5. The molecule has 0 aromatic carbocycles. The molecule has 13 heavy (non-hydrogen) atoms. The van der Waals surface area contributed by atoms with Gasteiger partial charge < -0.3 is 25.6 Å². The van der Waals surface area contributed by atoms with Gasteiger partial charge in [0.05, 0.1) is 7.11 Å². The number of methoxy groups -OCH3 is 1. The molecule has 0 spiro atoms. The number of carbonyl (C=O) groups excluding carboxylic acids is 2. The van der Waals surface area contributed by atoms with Gasteiger partial charge in [-0.2, -0.15) is 0 Å². The SMILES string of the molecule is COC(=O)C1NC(=O)NC1C(O)O. The first-order valence-electron chi connectivity index (χ1n) is 3.57. The lowest BCUT2D eigenvalue weighted by molar-refractivity contribution is -0.146. The number of hydrogen-bond acceptors (Lipinski definition) is 5. The molecule has 0 aromatic rings. The minimum Gasteiger partial charge on any atom is -0.467 e. The van der Waals surface area contributed by atoms with Crippen molar-refractivity contribution in [1.82, 2.24) is 10.6 Å². The molecule has 2 atom stereocenters. The molecule has 0 saturated carbocycles. The zero-order valence-electron chi connectivity index (χ0n) is 6.85. The van der Waals surface area contributed by atoms with Crippen LogP contribution in [0.15, 0.2) is 0 Å². The summed E-state index contributed by atoms with van der Waals surface area (Å²) in [5.74, 6) is -0.726. The first kappa shape index (κ1) is 9.75. The van der Waals surface area contributed by atoms with Crippen molar-refractivity contribution in [3.8, 4) is 0 Å². The van der Waals surface area contributed by atoms with Crippen LogP contribution >= 0.6 is 0 Å². The Morgan fingerprint density at radius 2 is 2.15 bits per heavy atom. The minimum atomic E-state index is -1.80. The summed E-state index contributed by atoms with van der Waals surface area (Å²) in [6, 6.07) is -2.76. The Kier molecular flexibility index (Phi) is 2.69. The number of aliphatic hydroxyl groups excluding tert-OH is 1. The van der Waals surface area contributed by atoms with Gasteiger partial charge in [0.1, 0.15) is 6.04 Å². The number of aliphatic hydroxyl groups is 2. The number of nitrogens with one attached hydrogen (secondary N) is 2. The number of ether oxygens (including phenoxy) is 1. The molecule has 0 aromatic heterocycles. The monoisotopic (exact) mass is 190 g/mol. The van der Waals surface area contributed by atoms with Gasteiger partial charge in [0.15, 0.2) is 12.3 Å². The van der Waals surface area contributed by atoms with Crippen LogP contribution in [0.4, 0.5) is 4.79 Å². The fourth-order valence-electron chi connectivity index (χ4n) is 1.09. The fourth-order valence-corrected chi connectivity index (χ4v) is 1.09. The smallest absolute Gasteiger partial charge is 0.330 e. The Labute approximate surface area is 73.7 Å². The highest BCUT2D eigenvalue weighted by molar-refractivity contribution is 5.88. The van der Waals surface area contributed by atoms with Gasteiger partial charge >= 0.3 is 12.0 Å². The highest BCUT2D eigenvalue weighted by Crippen LogP contribution is 2.06. The average molecular weight is 190 g/mol. The standard InChI is InChI=1S/C6H10N2O5/c1-13-5(11)3-2(4(9)10)7-6(12)8-3/h2-4,9-10H,1H3,(H2,7,8,12). The first-order valence-corrected chi connectivity index (χ1v) is 3.57. The van der Waals surface area contributed by atoms with E-state index in [0.717, 1.165) is 7.11 Å². The molecule has 2 amide bonds. The normalized spacial score (nSPS) is 26.9. The molecule has 1 saturated heterocycles. The molecular formula is C6H10N2O5. The van der Waals surface area contributed by atoms with Crippen molar-refractivity contribution >= 4 is 12.0 Å². The van der Waals surface area contributed by atoms with E-state index in [9.17, 15) is 9.59 Å². The largest absolute Gasteiger partial charge is 0.467 e. The molecule has 7 nitrogen and oxygen atoms in total. The van der Waals surface area contributed by atoms with Crippen LogP contribution in [0.2, 0.25) is 0 Å². The summed E-state index contributed by atoms with van der Waals surface area (Å²) in [6.07, 6.45) is -1.80. The second-order valence-electron chi connectivity index (χ2n) is 2.56. The summed E-state index contributed by atoms with van der Waals surface area (Å²) in [5, 5.41) is 21.9. The van der Waals surface area contributed by atoms with Crippen LogP contribution in [0.3, 0.4) is 0 Å². The van der Waals surface area contributed by atoms with E-state index in [-0.39, 0.29) is 0 Å². The van der Waals surface area contributed by atoms with Gasteiger partial charge in [-0.15, -0.1) is 0 Å². The molecule has 1 rings (SSSR count). The summed E-state index contributed by atoms with van der Waals surface area (Å²) < 4.78 is 4.35. The Bertz CT molecular complexity index is 229. The number of amides is 2. The van der Waals surface area contributed by atoms with Crippen molar-refractivity contribution in [1.29, 1.82) is 0 Å². The van der Waals surface area contributed by atoms with Gasteiger partial charge in [0.25, 0.3) is 0 Å². The Morgan fingerprint density at radius 3 is 2.62 bits per heavy atom. The van der Waals surface area contributed by atoms with E-state index in [0.29, 0.717) is 0 Å². The quantitative estimate of drug-likeness (QED) is 0.285. The third-order valence-electron chi connectivity index (χ3n) is 1.72. The van der Waals surface area contributed by atoms with Gasteiger partial charge in [-0.05, 0) is 0 Å². The van der Waals surface area contributed by atoms with Gasteiger partial charge in [-0.3, -0.25) is 0 Å². The molecule has 4 N–H and O–H groups in total. The van der Waals surface area contributed by atoms with Crippen LogP contribution in [-0.2, 0) is 9.53 Å².